The van der Waals surface area contributed by atoms with Gasteiger partial charge in [0.15, 0.2) is 0 Å². The molecule has 0 radical (unpaired) electrons. The second-order valence-corrected chi connectivity index (χ2v) is 7.50. The first-order valence-corrected chi connectivity index (χ1v) is 8.89. The minimum atomic E-state index is -2.44. The molecular formula is C17H14F2N2OS2. The quantitative estimate of drug-likeness (QED) is 0.619. The van der Waals surface area contributed by atoms with Crippen LogP contribution < -0.4 is 5.56 Å². The summed E-state index contributed by atoms with van der Waals surface area (Å²) in [4.78, 5) is 14.7. The van der Waals surface area contributed by atoms with E-state index < -0.39 is 5.76 Å². The van der Waals surface area contributed by atoms with E-state index in [4.69, 9.17) is 0 Å². The average molecular weight is 364 g/mol. The van der Waals surface area contributed by atoms with E-state index in [0.29, 0.717) is 23.2 Å². The Morgan fingerprint density at radius 3 is 2.50 bits per heavy atom. The van der Waals surface area contributed by atoms with Crippen molar-refractivity contribution in [3.8, 4) is 10.6 Å². The topological polar surface area (TPSA) is 34.9 Å². The number of aromatic nitrogens is 2. The van der Waals surface area contributed by atoms with Gasteiger partial charge in [0.2, 0.25) is 0 Å². The van der Waals surface area contributed by atoms with Crippen LogP contribution in [0.2, 0.25) is 0 Å². The van der Waals surface area contributed by atoms with Gasteiger partial charge in [-0.1, -0.05) is 23.9 Å². The molecule has 0 aliphatic rings. The Bertz CT molecular complexity index is 888. The van der Waals surface area contributed by atoms with Crippen molar-refractivity contribution in [3.05, 3.63) is 69.3 Å². The van der Waals surface area contributed by atoms with Crippen LogP contribution in [0.1, 0.15) is 10.4 Å². The third-order valence-electron chi connectivity index (χ3n) is 3.34. The normalized spacial score (nSPS) is 11.2. The Balaban J connectivity index is 1.83. The Morgan fingerprint density at radius 1 is 1.12 bits per heavy atom. The largest absolute Gasteiger partial charge is 0.288 e. The standard InChI is InChI=1S/C17H14F2N2OS2/c1-11-2-8-15(23-11)14-7-9-16(22)21(20-14)10-12-3-5-13(6-4-12)24-17(18)19/h2-9,17H,10H2,1H3. The van der Waals surface area contributed by atoms with Crippen LogP contribution >= 0.6 is 23.1 Å². The molecule has 0 saturated carbocycles. The first-order chi connectivity index (χ1) is 11.5. The van der Waals surface area contributed by atoms with Crippen LogP contribution in [0.25, 0.3) is 10.6 Å². The molecule has 2 heterocycles. The first-order valence-electron chi connectivity index (χ1n) is 7.20. The van der Waals surface area contributed by atoms with Crippen LogP contribution in [-0.4, -0.2) is 15.5 Å². The Kier molecular flexibility index (Phi) is 5.11. The van der Waals surface area contributed by atoms with Crippen LogP contribution in [0.3, 0.4) is 0 Å². The summed E-state index contributed by atoms with van der Waals surface area (Å²) in [5.74, 6) is -2.44. The first kappa shape index (κ1) is 16.9. The Morgan fingerprint density at radius 2 is 1.88 bits per heavy atom. The monoisotopic (exact) mass is 364 g/mol. The van der Waals surface area contributed by atoms with Crippen molar-refractivity contribution in [1.29, 1.82) is 0 Å². The number of hydrogen-bond acceptors (Lipinski definition) is 4. The van der Waals surface area contributed by atoms with Crippen LogP contribution in [0.15, 0.2) is 58.2 Å². The third kappa shape index (κ3) is 4.10. The van der Waals surface area contributed by atoms with Crippen molar-refractivity contribution < 1.29 is 8.78 Å². The lowest BCUT2D eigenvalue weighted by Crippen LogP contribution is -2.22. The minimum absolute atomic E-state index is 0.196. The van der Waals surface area contributed by atoms with Crippen LogP contribution in [0.5, 0.6) is 0 Å². The molecule has 0 N–H and O–H groups in total. The highest BCUT2D eigenvalue weighted by molar-refractivity contribution is 7.99. The van der Waals surface area contributed by atoms with Gasteiger partial charge in [-0.05, 0) is 42.8 Å². The highest BCUT2D eigenvalue weighted by Crippen LogP contribution is 2.26. The second-order valence-electron chi connectivity index (χ2n) is 5.15. The van der Waals surface area contributed by atoms with Crippen LogP contribution in [-0.2, 0) is 6.54 Å². The fraction of sp³-hybridized carbons (Fsp3) is 0.176. The van der Waals surface area contributed by atoms with Gasteiger partial charge >= 0.3 is 0 Å². The number of hydrogen-bond donors (Lipinski definition) is 0. The van der Waals surface area contributed by atoms with E-state index in [1.54, 1.807) is 41.7 Å². The van der Waals surface area contributed by atoms with Crippen molar-refractivity contribution in [3.63, 3.8) is 0 Å². The van der Waals surface area contributed by atoms with E-state index in [1.807, 2.05) is 19.1 Å². The Labute approximate surface area is 146 Å². The molecule has 7 heteroatoms. The summed E-state index contributed by atoms with van der Waals surface area (Å²) in [7, 11) is 0. The predicted octanol–water partition coefficient (Wildman–Crippen LogP) is 4.64. The summed E-state index contributed by atoms with van der Waals surface area (Å²) >= 11 is 2.12. The maximum Gasteiger partial charge on any atom is 0.288 e. The van der Waals surface area contributed by atoms with E-state index in [1.165, 1.54) is 15.6 Å². The van der Waals surface area contributed by atoms with Crippen molar-refractivity contribution in [1.82, 2.24) is 9.78 Å². The molecule has 2 aromatic heterocycles. The molecule has 3 nitrogen and oxygen atoms in total. The fourth-order valence-electron chi connectivity index (χ4n) is 2.22. The number of alkyl halides is 2. The SMILES string of the molecule is Cc1ccc(-c2ccc(=O)n(Cc3ccc(SC(F)F)cc3)n2)s1. The highest BCUT2D eigenvalue weighted by Gasteiger charge is 2.08. The molecule has 1 aromatic carbocycles. The molecule has 0 bridgehead atoms. The van der Waals surface area contributed by atoms with E-state index >= 15 is 0 Å². The molecule has 0 aliphatic carbocycles. The van der Waals surface area contributed by atoms with E-state index in [-0.39, 0.29) is 5.56 Å². The number of benzene rings is 1. The number of nitrogens with zero attached hydrogens (tertiary/aromatic N) is 2. The summed E-state index contributed by atoms with van der Waals surface area (Å²) in [6.45, 7) is 2.32. The number of halogens is 2. The molecule has 124 valence electrons. The summed E-state index contributed by atoms with van der Waals surface area (Å²) in [5, 5.41) is 4.41. The molecule has 24 heavy (non-hydrogen) atoms. The molecular weight excluding hydrogens is 350 g/mol. The lowest BCUT2D eigenvalue weighted by atomic mass is 10.2. The minimum Gasteiger partial charge on any atom is -0.268 e. The van der Waals surface area contributed by atoms with Gasteiger partial charge in [0.05, 0.1) is 11.4 Å². The lowest BCUT2D eigenvalue weighted by molar-refractivity contribution is 0.252. The summed E-state index contributed by atoms with van der Waals surface area (Å²) in [6, 6.07) is 13.9. The fourth-order valence-corrected chi connectivity index (χ4v) is 3.55. The van der Waals surface area contributed by atoms with E-state index in [2.05, 4.69) is 5.10 Å². The van der Waals surface area contributed by atoms with Crippen molar-refractivity contribution >= 4 is 23.1 Å². The second kappa shape index (κ2) is 7.27. The lowest BCUT2D eigenvalue weighted by Gasteiger charge is -2.07. The van der Waals surface area contributed by atoms with Gasteiger partial charge < -0.3 is 0 Å². The highest BCUT2D eigenvalue weighted by atomic mass is 32.2. The predicted molar refractivity (Wildman–Crippen MR) is 94.0 cm³/mol. The zero-order valence-corrected chi connectivity index (χ0v) is 14.4. The molecule has 0 fully saturated rings. The molecule has 0 atom stereocenters. The number of aryl methyl sites for hydroxylation is 1. The third-order valence-corrected chi connectivity index (χ3v) is 5.09. The Hall–Kier alpha value is -1.99. The molecule has 0 unspecified atom stereocenters. The van der Waals surface area contributed by atoms with Gasteiger partial charge in [0, 0.05) is 15.8 Å². The van der Waals surface area contributed by atoms with Crippen LogP contribution in [0.4, 0.5) is 8.78 Å². The maximum absolute atomic E-state index is 12.3. The van der Waals surface area contributed by atoms with Crippen molar-refractivity contribution in [2.75, 3.05) is 0 Å². The van der Waals surface area contributed by atoms with Gasteiger partial charge in [0.1, 0.15) is 5.69 Å². The van der Waals surface area contributed by atoms with E-state index in [0.717, 1.165) is 16.1 Å². The van der Waals surface area contributed by atoms with Gasteiger partial charge in [0.25, 0.3) is 11.3 Å². The number of thioether (sulfide) groups is 1. The van der Waals surface area contributed by atoms with Crippen molar-refractivity contribution in [2.45, 2.75) is 24.1 Å². The van der Waals surface area contributed by atoms with Gasteiger partial charge in [-0.2, -0.15) is 13.9 Å². The van der Waals surface area contributed by atoms with Gasteiger partial charge in [-0.25, -0.2) is 4.68 Å². The molecule has 0 aliphatic heterocycles. The van der Waals surface area contributed by atoms with Gasteiger partial charge in [-0.15, -0.1) is 11.3 Å². The van der Waals surface area contributed by atoms with Gasteiger partial charge in [-0.3, -0.25) is 4.79 Å². The zero-order valence-electron chi connectivity index (χ0n) is 12.8. The summed E-state index contributed by atoms with van der Waals surface area (Å²) in [5.41, 5.74) is 1.39. The zero-order chi connectivity index (χ0) is 17.1. The van der Waals surface area contributed by atoms with Crippen LogP contribution in [0, 0.1) is 6.92 Å². The molecule has 3 aromatic rings. The molecule has 0 spiro atoms. The van der Waals surface area contributed by atoms with Crippen molar-refractivity contribution in [2.24, 2.45) is 0 Å². The number of thiophene rings is 1. The smallest absolute Gasteiger partial charge is 0.268 e. The van der Waals surface area contributed by atoms with E-state index in [9.17, 15) is 13.6 Å². The molecule has 0 saturated heterocycles. The molecule has 3 rings (SSSR count). The number of rotatable bonds is 5. The summed E-state index contributed by atoms with van der Waals surface area (Å²) < 4.78 is 26.1. The maximum atomic E-state index is 12.3. The summed E-state index contributed by atoms with van der Waals surface area (Å²) in [6.07, 6.45) is 0. The average Bonchev–Trinajstić information content (AvgIpc) is 2.97. The molecule has 0 amide bonds.